The fourth-order valence-electron chi connectivity index (χ4n) is 0.227. The molecule has 1 atom stereocenters. The van der Waals surface area contributed by atoms with Crippen molar-refractivity contribution in [1.82, 2.24) is 0 Å². The predicted octanol–water partition coefficient (Wildman–Crippen LogP) is -9.90. The van der Waals surface area contributed by atoms with Gasteiger partial charge in [-0.15, -0.1) is 0 Å². The minimum Gasteiger partial charge on any atom is -1.00 e. The number of hydrogen-bond acceptors (Lipinski definition) is 0. The van der Waals surface area contributed by atoms with Gasteiger partial charge in [-0.2, -0.15) is 0 Å². The zero-order valence-corrected chi connectivity index (χ0v) is 11.3. The van der Waals surface area contributed by atoms with Gasteiger partial charge >= 0.3 is 55.1 Å². The van der Waals surface area contributed by atoms with Crippen molar-refractivity contribution in [2.24, 2.45) is 0 Å². The number of hydrogen-bond donors (Lipinski definition) is 0. The van der Waals surface area contributed by atoms with E-state index in [4.69, 9.17) is 0 Å². The molecule has 5 heteroatoms. The van der Waals surface area contributed by atoms with Gasteiger partial charge in [-0.3, -0.25) is 0 Å². The second kappa shape index (κ2) is 22.5. The topological polar surface area (TPSA) is 0 Å². The second-order valence-electron chi connectivity index (χ2n) is 1.26. The van der Waals surface area contributed by atoms with Gasteiger partial charge in [0.2, 0.25) is 0 Å². The molecule has 0 saturated heterocycles. The zero-order chi connectivity index (χ0) is 5.70. The monoisotopic (exact) mass is 414 g/mol. The van der Waals surface area contributed by atoms with Crippen molar-refractivity contribution in [3.63, 3.8) is 0 Å². The molecule has 0 aromatic carbocycles. The fraction of sp³-hybridized carbons (Fsp3) is 0.333. The van der Waals surface area contributed by atoms with Gasteiger partial charge in [-0.1, -0.05) is 0 Å². The van der Waals surface area contributed by atoms with Crippen molar-refractivity contribution in [1.29, 1.82) is 0 Å². The molecule has 0 radical (unpaired) electrons. The van der Waals surface area contributed by atoms with E-state index in [1.807, 2.05) is 6.08 Å². The van der Waals surface area contributed by atoms with Crippen molar-refractivity contribution >= 4 is 0 Å². The van der Waals surface area contributed by atoms with E-state index in [0.29, 0.717) is 4.43 Å². The van der Waals surface area contributed by atoms with Crippen molar-refractivity contribution in [2.75, 3.05) is 0 Å². The first kappa shape index (κ1) is 29.5. The Hall–Kier alpha value is 1.29. The van der Waals surface area contributed by atoms with E-state index in [2.05, 4.69) is 38.5 Å². The van der Waals surface area contributed by atoms with Crippen LogP contribution in [0.15, 0.2) is 24.8 Å². The molecule has 0 aromatic heterocycles. The standard InChI is InChI=1S/C6H9.4ClH.Ir/c1-3-5-6-4-2;;;;;/h3-6H,1H2,2H3;4*1H;/q;;;;;+4/p-4. The van der Waals surface area contributed by atoms with E-state index in [1.165, 1.54) is 0 Å². The van der Waals surface area contributed by atoms with Crippen molar-refractivity contribution < 1.29 is 68.5 Å². The SMILES string of the molecule is C=CC=C[CH](C)[Ir+4].[Cl-].[Cl-].[Cl-].[Cl-]. The van der Waals surface area contributed by atoms with Crippen LogP contribution in [0.2, 0.25) is 4.43 Å². The first-order valence-corrected chi connectivity index (χ1v) is 3.56. The molecule has 0 rings (SSSR count). The van der Waals surface area contributed by atoms with Gasteiger partial charge in [-0.05, 0) is 0 Å². The summed E-state index contributed by atoms with van der Waals surface area (Å²) in [6.07, 6.45) is 5.86. The summed E-state index contributed by atoms with van der Waals surface area (Å²) in [5.41, 5.74) is 0. The molecule has 0 spiro atoms. The summed E-state index contributed by atoms with van der Waals surface area (Å²) in [6.45, 7) is 5.68. The van der Waals surface area contributed by atoms with Gasteiger partial charge in [0.25, 0.3) is 0 Å². The molecule has 0 N–H and O–H groups in total. The summed E-state index contributed by atoms with van der Waals surface area (Å²) in [5.74, 6) is 0. The summed E-state index contributed by atoms with van der Waals surface area (Å²) < 4.78 is 0.651. The van der Waals surface area contributed by atoms with E-state index in [9.17, 15) is 0 Å². The van der Waals surface area contributed by atoms with E-state index < -0.39 is 0 Å². The first-order valence-electron chi connectivity index (χ1n) is 2.18. The second-order valence-corrected chi connectivity index (χ2v) is 3.44. The molecule has 0 saturated carbocycles. The van der Waals surface area contributed by atoms with Gasteiger partial charge in [0.15, 0.2) is 0 Å². The molecule has 0 aliphatic rings. The summed E-state index contributed by atoms with van der Waals surface area (Å²) in [6, 6.07) is 0. The van der Waals surface area contributed by atoms with Gasteiger partial charge in [-0.25, -0.2) is 0 Å². The Morgan fingerprint density at radius 1 is 1.18 bits per heavy atom. The Labute approximate surface area is 104 Å². The Morgan fingerprint density at radius 2 is 1.55 bits per heavy atom. The Bertz CT molecular complexity index is 82.7. The van der Waals surface area contributed by atoms with Gasteiger partial charge < -0.3 is 49.6 Å². The minimum atomic E-state index is 0. The third kappa shape index (κ3) is 34.8. The number of allylic oxidation sites excluding steroid dienone is 3. The molecule has 0 fully saturated rings. The van der Waals surface area contributed by atoms with Crippen LogP contribution in [0.1, 0.15) is 6.92 Å². The summed E-state index contributed by atoms with van der Waals surface area (Å²) in [4.78, 5) is 0. The largest absolute Gasteiger partial charge is 1.00 e. The van der Waals surface area contributed by atoms with Crippen LogP contribution in [-0.4, -0.2) is 0 Å². The molecule has 0 amide bonds. The smallest absolute Gasteiger partial charge is 1.00 e. The maximum absolute atomic E-state index is 3.55. The number of rotatable bonds is 2. The maximum Gasteiger partial charge on any atom is -1.00 e. The maximum atomic E-state index is 3.55. The van der Waals surface area contributed by atoms with Crippen LogP contribution in [0.25, 0.3) is 0 Å². The van der Waals surface area contributed by atoms with Crippen molar-refractivity contribution in [3.8, 4) is 0 Å². The van der Waals surface area contributed by atoms with Crippen molar-refractivity contribution in [3.05, 3.63) is 24.8 Å². The molecular weight excluding hydrogens is 406 g/mol. The summed E-state index contributed by atoms with van der Waals surface area (Å²) >= 11 is 2.14. The Balaban J connectivity index is -0.0000000300. The third-order valence-electron chi connectivity index (χ3n) is 0.504. The van der Waals surface area contributed by atoms with Crippen LogP contribution < -0.4 is 49.6 Å². The molecule has 0 nitrogen and oxygen atoms in total. The number of halogens is 4. The summed E-state index contributed by atoms with van der Waals surface area (Å²) in [5, 5.41) is 0. The normalized spacial score (nSPS) is 9.18. The van der Waals surface area contributed by atoms with Gasteiger partial charge in [0, 0.05) is 0 Å². The van der Waals surface area contributed by atoms with Crippen LogP contribution in [0, 0.1) is 0 Å². The van der Waals surface area contributed by atoms with Crippen molar-refractivity contribution in [2.45, 2.75) is 11.4 Å². The molecule has 1 unspecified atom stereocenters. The van der Waals surface area contributed by atoms with E-state index in [-0.39, 0.29) is 49.6 Å². The Morgan fingerprint density at radius 3 is 1.64 bits per heavy atom. The average molecular weight is 415 g/mol. The molecule has 0 heterocycles. The molecular formula is C6H9Cl4Ir. The average Bonchev–Trinajstić information content (AvgIpc) is 1.61. The third-order valence-corrected chi connectivity index (χ3v) is 0.965. The molecule has 0 aliphatic heterocycles. The molecule has 0 aromatic rings. The van der Waals surface area contributed by atoms with E-state index in [0.717, 1.165) is 0 Å². The van der Waals surface area contributed by atoms with Crippen LogP contribution in [0.5, 0.6) is 0 Å². The van der Waals surface area contributed by atoms with Crippen LogP contribution in [0.4, 0.5) is 0 Å². The van der Waals surface area contributed by atoms with Crippen LogP contribution in [-0.2, 0) is 18.9 Å². The quantitative estimate of drug-likeness (QED) is 0.394. The fourth-order valence-corrected chi connectivity index (χ4v) is 0.493. The van der Waals surface area contributed by atoms with Gasteiger partial charge in [0.1, 0.15) is 0 Å². The van der Waals surface area contributed by atoms with Crippen LogP contribution in [0.3, 0.4) is 0 Å². The molecule has 11 heavy (non-hydrogen) atoms. The molecule has 0 bridgehead atoms. The van der Waals surface area contributed by atoms with E-state index in [1.54, 1.807) is 6.08 Å². The molecule has 0 aliphatic carbocycles. The van der Waals surface area contributed by atoms with Gasteiger partial charge in [0.05, 0.1) is 0 Å². The van der Waals surface area contributed by atoms with E-state index >= 15 is 0 Å². The summed E-state index contributed by atoms with van der Waals surface area (Å²) in [7, 11) is 0. The zero-order valence-electron chi connectivity index (χ0n) is 5.86. The predicted molar refractivity (Wildman–Crippen MR) is 28.8 cm³/mol. The minimum absolute atomic E-state index is 0. The van der Waals surface area contributed by atoms with Crippen LogP contribution >= 0.6 is 0 Å². The molecule has 70 valence electrons. The first-order chi connectivity index (χ1) is 3.27. The Kier molecular flexibility index (Phi) is 60.3.